The summed E-state index contributed by atoms with van der Waals surface area (Å²) in [4.78, 5) is 59.9. The molecule has 2 unspecified atom stereocenters. The van der Waals surface area contributed by atoms with E-state index in [0.29, 0.717) is 23.4 Å². The molecule has 0 saturated heterocycles. The molecule has 0 saturated carbocycles. The number of anilines is 1. The van der Waals surface area contributed by atoms with Crippen molar-refractivity contribution in [1.82, 2.24) is 16.0 Å². The third-order valence-corrected chi connectivity index (χ3v) is 7.79. The summed E-state index contributed by atoms with van der Waals surface area (Å²) < 4.78 is 5.18. The van der Waals surface area contributed by atoms with Crippen molar-refractivity contribution in [3.05, 3.63) is 59.2 Å². The molecule has 0 bridgehead atoms. The molecule has 2 aromatic rings. The first kappa shape index (κ1) is 42.9. The number of ether oxygens (including phenoxy) is 1. The van der Waals surface area contributed by atoms with Crippen molar-refractivity contribution in [1.29, 1.82) is 0 Å². The lowest BCUT2D eigenvalue weighted by atomic mass is 9.87. The van der Waals surface area contributed by atoms with Gasteiger partial charge in [0.1, 0.15) is 17.7 Å². The first-order valence-electron chi connectivity index (χ1n) is 16.1. The van der Waals surface area contributed by atoms with Crippen LogP contribution in [0.5, 0.6) is 0 Å². The van der Waals surface area contributed by atoms with E-state index in [9.17, 15) is 24.3 Å². The molecule has 7 N–H and O–H groups in total. The van der Waals surface area contributed by atoms with E-state index in [2.05, 4.69) is 47.8 Å². The van der Waals surface area contributed by atoms with Gasteiger partial charge in [-0.3, -0.25) is 19.2 Å². The molecule has 0 aliphatic carbocycles. The number of aliphatic hydroxyl groups excluding tert-OH is 1. The van der Waals surface area contributed by atoms with E-state index >= 15 is 0 Å². The van der Waals surface area contributed by atoms with Gasteiger partial charge in [-0.05, 0) is 103 Å². The molecule has 49 heavy (non-hydrogen) atoms. The highest BCUT2D eigenvalue weighted by Gasteiger charge is 2.25. The van der Waals surface area contributed by atoms with Gasteiger partial charge in [0, 0.05) is 27.4 Å². The summed E-state index contributed by atoms with van der Waals surface area (Å²) in [5.41, 5.74) is 5.70. The van der Waals surface area contributed by atoms with Gasteiger partial charge < -0.3 is 36.8 Å². The van der Waals surface area contributed by atoms with Gasteiger partial charge in [-0.2, -0.15) is 0 Å². The Labute approximate surface area is 295 Å². The molecule has 2 aromatic carbocycles. The minimum absolute atomic E-state index is 0.170. The van der Waals surface area contributed by atoms with Crippen molar-refractivity contribution in [2.75, 3.05) is 11.1 Å². The fraction of sp³-hybridized carbons (Fsp3) is 0.528. The van der Waals surface area contributed by atoms with Gasteiger partial charge >= 0.3 is 6.09 Å². The third-order valence-electron chi connectivity index (χ3n) is 6.57. The van der Waals surface area contributed by atoms with Crippen molar-refractivity contribution >= 4 is 47.7 Å². The topological polar surface area (TPSA) is 189 Å². The van der Waals surface area contributed by atoms with E-state index in [-0.39, 0.29) is 23.3 Å². The second-order valence-electron chi connectivity index (χ2n) is 14.7. The number of thioether (sulfide) groups is 1. The molecule has 13 heteroatoms. The summed E-state index contributed by atoms with van der Waals surface area (Å²) in [5, 5.41) is 21.9. The average Bonchev–Trinajstić information content (AvgIpc) is 2.94. The van der Waals surface area contributed by atoms with Gasteiger partial charge in [-0.1, -0.05) is 39.0 Å². The largest absolute Gasteiger partial charge is 0.444 e. The Morgan fingerprint density at radius 1 is 0.898 bits per heavy atom. The number of carbonyl (C=O) groups is 5. The van der Waals surface area contributed by atoms with Gasteiger partial charge in [-0.25, -0.2) is 4.79 Å². The second-order valence-corrected chi connectivity index (χ2v) is 15.8. The van der Waals surface area contributed by atoms with Crippen LogP contribution < -0.4 is 27.0 Å². The minimum Gasteiger partial charge on any atom is -0.444 e. The molecule has 0 fully saturated rings. The molecular weight excluding hydrogens is 646 g/mol. The molecule has 0 heterocycles. The van der Waals surface area contributed by atoms with Crippen LogP contribution in [0.15, 0.2) is 47.4 Å². The van der Waals surface area contributed by atoms with E-state index in [4.69, 9.17) is 9.53 Å². The Bertz CT molecular complexity index is 1440. The number of hydrogen-bond donors (Lipinski definition) is 6. The summed E-state index contributed by atoms with van der Waals surface area (Å²) in [6.45, 7) is 20.2. The zero-order valence-corrected chi connectivity index (χ0v) is 31.5. The molecule has 0 spiro atoms. The number of alkyl carbamates (subject to hydrolysis) is 1. The number of amides is 5. The fourth-order valence-corrected chi connectivity index (χ4v) is 5.53. The molecular formula is C36H55N5O7S. The van der Waals surface area contributed by atoms with E-state index in [1.807, 2.05) is 51.1 Å². The maximum absolute atomic E-state index is 13.0. The summed E-state index contributed by atoms with van der Waals surface area (Å²) in [6, 6.07) is 11.1. The maximum Gasteiger partial charge on any atom is 0.408 e. The summed E-state index contributed by atoms with van der Waals surface area (Å²) in [5.74, 6) is -0.700. The van der Waals surface area contributed by atoms with Crippen LogP contribution in [0.25, 0.3) is 0 Å². The van der Waals surface area contributed by atoms with Crippen LogP contribution in [-0.2, 0) is 31.0 Å². The maximum atomic E-state index is 13.0. The molecule has 0 aliphatic rings. The molecule has 5 amide bonds. The number of nitrogens with one attached hydrogen (secondary N) is 4. The number of nitrogens with two attached hydrogens (primary N) is 1. The molecule has 3 atom stereocenters. The molecule has 0 aliphatic heterocycles. The fourth-order valence-electron chi connectivity index (χ4n) is 4.35. The number of primary amides is 1. The molecule has 272 valence electrons. The van der Waals surface area contributed by atoms with E-state index in [1.54, 1.807) is 39.8 Å². The third kappa shape index (κ3) is 16.2. The lowest BCUT2D eigenvalue weighted by molar-refractivity contribution is -0.127. The lowest BCUT2D eigenvalue weighted by Gasteiger charge is -2.25. The number of aliphatic hydroxyl groups is 1. The van der Waals surface area contributed by atoms with Crippen LogP contribution >= 0.6 is 11.8 Å². The normalized spacial score (nSPS) is 13.4. The van der Waals surface area contributed by atoms with Crippen LogP contribution in [0.2, 0.25) is 0 Å². The highest BCUT2D eigenvalue weighted by molar-refractivity contribution is 7.99. The van der Waals surface area contributed by atoms with Crippen LogP contribution in [0.4, 0.5) is 10.5 Å². The van der Waals surface area contributed by atoms with Crippen LogP contribution in [0.1, 0.15) is 97.6 Å². The standard InChI is InChI=1S/C35H52N4O6S.CH3NO/c1-21(36-29(41)22(2)37-32(44)45-35(9,10)11)30(42)38-24-16-17-28(27(19-24)33(3,4)5)46-20-25(40)18-23-14-12-13-15-26(23)31(43)39-34(6,7)8;2-1-3/h12-17,19,21-22,25,40H,18,20H2,1-11H3,(H,36,41)(H,37,44)(H,38,42)(H,39,43);1H,(H2,2,3)/t21-,22?,25?;/m0./s1. The Morgan fingerprint density at radius 2 is 1.47 bits per heavy atom. The van der Waals surface area contributed by atoms with E-state index < -0.39 is 41.7 Å². The number of rotatable bonds is 11. The number of benzene rings is 2. The highest BCUT2D eigenvalue weighted by Crippen LogP contribution is 2.35. The second kappa shape index (κ2) is 18.6. The van der Waals surface area contributed by atoms with Crippen LogP contribution in [0, 0.1) is 0 Å². The monoisotopic (exact) mass is 701 g/mol. The molecule has 2 rings (SSSR count). The van der Waals surface area contributed by atoms with Gasteiger partial charge in [0.05, 0.1) is 6.10 Å². The number of carbonyl (C=O) groups excluding carboxylic acids is 5. The van der Waals surface area contributed by atoms with Crippen molar-refractivity contribution in [3.63, 3.8) is 0 Å². The SMILES string of the molecule is CC(NC(=O)OC(C)(C)C)C(=O)N[C@@H](C)C(=O)Nc1ccc(SCC(O)Cc2ccccc2C(=O)NC(C)(C)C)c(C(C)(C)C)c1.NC=O. The Morgan fingerprint density at radius 3 is 2.02 bits per heavy atom. The van der Waals surface area contributed by atoms with Gasteiger partial charge in [-0.15, -0.1) is 11.8 Å². The lowest BCUT2D eigenvalue weighted by Crippen LogP contribution is -2.51. The predicted molar refractivity (Wildman–Crippen MR) is 195 cm³/mol. The van der Waals surface area contributed by atoms with Crippen molar-refractivity contribution in [3.8, 4) is 0 Å². The Kier molecular flexibility index (Phi) is 16.3. The first-order valence-corrected chi connectivity index (χ1v) is 17.1. The quantitative estimate of drug-likeness (QED) is 0.144. The van der Waals surface area contributed by atoms with E-state index in [1.165, 1.54) is 18.7 Å². The van der Waals surface area contributed by atoms with Crippen molar-refractivity contribution in [2.45, 2.75) is 122 Å². The van der Waals surface area contributed by atoms with Crippen LogP contribution in [-0.4, -0.2) is 70.4 Å². The Balaban J connectivity index is 0.00000385. The number of hydrogen-bond acceptors (Lipinski definition) is 8. The van der Waals surface area contributed by atoms with Gasteiger partial charge in [0.25, 0.3) is 5.91 Å². The zero-order valence-electron chi connectivity index (χ0n) is 30.6. The van der Waals surface area contributed by atoms with E-state index in [0.717, 1.165) is 16.0 Å². The molecule has 12 nitrogen and oxygen atoms in total. The average molecular weight is 702 g/mol. The van der Waals surface area contributed by atoms with Gasteiger partial charge in [0.15, 0.2) is 0 Å². The minimum atomic E-state index is -0.904. The smallest absolute Gasteiger partial charge is 0.408 e. The summed E-state index contributed by atoms with van der Waals surface area (Å²) >= 11 is 1.51. The first-order chi connectivity index (χ1) is 22.5. The van der Waals surface area contributed by atoms with Gasteiger partial charge in [0.2, 0.25) is 18.2 Å². The molecule has 0 aromatic heterocycles. The van der Waals surface area contributed by atoms with Crippen molar-refractivity contribution in [2.24, 2.45) is 5.73 Å². The molecule has 0 radical (unpaired) electrons. The predicted octanol–water partition coefficient (Wildman–Crippen LogP) is 4.67. The zero-order chi connectivity index (χ0) is 37.7. The summed E-state index contributed by atoms with van der Waals surface area (Å²) in [6.07, 6.45) is -0.840. The highest BCUT2D eigenvalue weighted by atomic mass is 32.2. The van der Waals surface area contributed by atoms with Crippen LogP contribution in [0.3, 0.4) is 0 Å². The summed E-state index contributed by atoms with van der Waals surface area (Å²) in [7, 11) is 0. The van der Waals surface area contributed by atoms with Crippen molar-refractivity contribution < 1.29 is 33.8 Å². The Hall–Kier alpha value is -4.10.